The zero-order valence-corrected chi connectivity index (χ0v) is 11.6. The molecule has 19 heavy (non-hydrogen) atoms. The second kappa shape index (κ2) is 6.89. The second-order valence-electron chi connectivity index (χ2n) is 4.07. The summed E-state index contributed by atoms with van der Waals surface area (Å²) in [7, 11) is 0. The molecule has 1 N–H and O–H groups in total. The number of nitrogens with zero attached hydrogens (tertiary/aromatic N) is 1. The van der Waals surface area contributed by atoms with Gasteiger partial charge in [-0.25, -0.2) is 4.98 Å². The van der Waals surface area contributed by atoms with Crippen LogP contribution in [0, 0.1) is 6.92 Å². The van der Waals surface area contributed by atoms with Gasteiger partial charge in [-0.15, -0.1) is 11.3 Å². The van der Waals surface area contributed by atoms with Crippen LogP contribution in [0.1, 0.15) is 17.1 Å². The van der Waals surface area contributed by atoms with Gasteiger partial charge in [-0.3, -0.25) is 4.79 Å². The smallest absolute Gasteiger partial charge is 0.223 e. The van der Waals surface area contributed by atoms with E-state index in [2.05, 4.69) is 10.3 Å². The van der Waals surface area contributed by atoms with Gasteiger partial charge in [0.2, 0.25) is 5.91 Å². The van der Waals surface area contributed by atoms with Crippen molar-refractivity contribution < 1.29 is 9.53 Å². The number of carbonyl (C=O) groups excluding carboxylic acids is 1. The summed E-state index contributed by atoms with van der Waals surface area (Å²) in [6.45, 7) is 2.81. The van der Waals surface area contributed by atoms with Gasteiger partial charge in [0, 0.05) is 11.1 Å². The summed E-state index contributed by atoms with van der Waals surface area (Å²) in [6, 6.07) is 9.47. The molecule has 1 heterocycles. The molecule has 2 rings (SSSR count). The predicted octanol–water partition coefficient (Wildman–Crippen LogP) is 2.54. The largest absolute Gasteiger partial charge is 0.493 e. The van der Waals surface area contributed by atoms with E-state index in [4.69, 9.17) is 4.74 Å². The summed E-state index contributed by atoms with van der Waals surface area (Å²) in [5.74, 6) is 0.759. The van der Waals surface area contributed by atoms with Gasteiger partial charge in [-0.2, -0.15) is 0 Å². The minimum atomic E-state index is -0.0243. The molecule has 0 aliphatic heterocycles. The summed E-state index contributed by atoms with van der Waals surface area (Å²) in [6.07, 6.45) is 0.346. The molecular formula is C14H16N2O2S. The number of aryl methyl sites for hydroxylation is 1. The van der Waals surface area contributed by atoms with Crippen molar-refractivity contribution in [3.8, 4) is 5.75 Å². The third-order valence-electron chi connectivity index (χ3n) is 2.44. The van der Waals surface area contributed by atoms with Crippen molar-refractivity contribution in [2.24, 2.45) is 0 Å². The molecule has 1 aromatic carbocycles. The zero-order chi connectivity index (χ0) is 13.5. The minimum Gasteiger partial charge on any atom is -0.493 e. The number of benzene rings is 1. The number of nitrogens with one attached hydrogen (secondary N) is 1. The number of carbonyl (C=O) groups is 1. The van der Waals surface area contributed by atoms with Gasteiger partial charge in [0.15, 0.2) is 0 Å². The normalized spacial score (nSPS) is 10.2. The number of aromatic nitrogens is 1. The van der Waals surface area contributed by atoms with E-state index >= 15 is 0 Å². The minimum absolute atomic E-state index is 0.0243. The topological polar surface area (TPSA) is 51.2 Å². The first kappa shape index (κ1) is 13.5. The number of para-hydroxylation sites is 1. The molecule has 100 valence electrons. The Kier molecular flexibility index (Phi) is 4.92. The molecule has 0 bridgehead atoms. The molecule has 0 spiro atoms. The van der Waals surface area contributed by atoms with Crippen LogP contribution in [0.25, 0.3) is 0 Å². The van der Waals surface area contributed by atoms with E-state index in [0.717, 1.165) is 16.5 Å². The summed E-state index contributed by atoms with van der Waals surface area (Å²) in [4.78, 5) is 15.9. The standard InChI is InChI=1S/C14H16N2O2S/c1-11-10-19-14(16-11)9-15-13(17)7-8-18-12-5-3-2-4-6-12/h2-6,10H,7-9H2,1H3,(H,15,17). The van der Waals surface area contributed by atoms with Crippen LogP contribution in [-0.2, 0) is 11.3 Å². The molecule has 0 saturated carbocycles. The molecule has 0 atom stereocenters. The zero-order valence-electron chi connectivity index (χ0n) is 10.8. The molecule has 0 unspecified atom stereocenters. The molecule has 2 aromatic rings. The van der Waals surface area contributed by atoms with E-state index in [1.54, 1.807) is 11.3 Å². The number of thiazole rings is 1. The van der Waals surface area contributed by atoms with Crippen LogP contribution < -0.4 is 10.1 Å². The van der Waals surface area contributed by atoms with Gasteiger partial charge in [0.1, 0.15) is 10.8 Å². The van der Waals surface area contributed by atoms with Gasteiger partial charge in [-0.1, -0.05) is 18.2 Å². The molecule has 1 aromatic heterocycles. The number of rotatable bonds is 6. The fourth-order valence-electron chi connectivity index (χ4n) is 1.52. The van der Waals surface area contributed by atoms with Crippen molar-refractivity contribution in [2.45, 2.75) is 19.9 Å². The number of hydrogen-bond acceptors (Lipinski definition) is 4. The first-order valence-electron chi connectivity index (χ1n) is 6.09. The molecule has 0 aliphatic carbocycles. The van der Waals surface area contributed by atoms with Crippen molar-refractivity contribution in [1.82, 2.24) is 10.3 Å². The molecule has 4 nitrogen and oxygen atoms in total. The highest BCUT2D eigenvalue weighted by atomic mass is 32.1. The van der Waals surface area contributed by atoms with E-state index in [-0.39, 0.29) is 5.91 Å². The van der Waals surface area contributed by atoms with Gasteiger partial charge in [0.25, 0.3) is 0 Å². The van der Waals surface area contributed by atoms with Crippen LogP contribution in [0.2, 0.25) is 0 Å². The van der Waals surface area contributed by atoms with Crippen LogP contribution in [-0.4, -0.2) is 17.5 Å². The molecule has 0 radical (unpaired) electrons. The molecule has 5 heteroatoms. The fourth-order valence-corrected chi connectivity index (χ4v) is 2.24. The highest BCUT2D eigenvalue weighted by Crippen LogP contribution is 2.09. The lowest BCUT2D eigenvalue weighted by molar-refractivity contribution is -0.121. The van der Waals surface area contributed by atoms with Crippen molar-refractivity contribution >= 4 is 17.2 Å². The van der Waals surface area contributed by atoms with Gasteiger partial charge in [0.05, 0.1) is 19.6 Å². The third-order valence-corrected chi connectivity index (χ3v) is 3.41. The number of ether oxygens (including phenoxy) is 1. The quantitative estimate of drug-likeness (QED) is 0.882. The Labute approximate surface area is 116 Å². The first-order chi connectivity index (χ1) is 9.24. The van der Waals surface area contributed by atoms with Gasteiger partial charge in [-0.05, 0) is 19.1 Å². The summed E-state index contributed by atoms with van der Waals surface area (Å²) in [5.41, 5.74) is 0.988. The molecule has 0 fully saturated rings. The van der Waals surface area contributed by atoms with Crippen LogP contribution in [0.5, 0.6) is 5.75 Å². The molecule has 0 saturated heterocycles. The third kappa shape index (κ3) is 4.71. The lowest BCUT2D eigenvalue weighted by Crippen LogP contribution is -2.24. The van der Waals surface area contributed by atoms with Gasteiger partial charge < -0.3 is 10.1 Å². The Morgan fingerprint density at radius 2 is 2.16 bits per heavy atom. The first-order valence-corrected chi connectivity index (χ1v) is 6.97. The second-order valence-corrected chi connectivity index (χ2v) is 5.01. The average Bonchev–Trinajstić information content (AvgIpc) is 2.83. The summed E-state index contributed by atoms with van der Waals surface area (Å²) < 4.78 is 5.46. The average molecular weight is 276 g/mol. The highest BCUT2D eigenvalue weighted by molar-refractivity contribution is 7.09. The van der Waals surface area contributed by atoms with E-state index in [1.807, 2.05) is 42.6 Å². The van der Waals surface area contributed by atoms with E-state index in [1.165, 1.54) is 0 Å². The SMILES string of the molecule is Cc1csc(CNC(=O)CCOc2ccccc2)n1. The van der Waals surface area contributed by atoms with Crippen LogP contribution in [0.15, 0.2) is 35.7 Å². The van der Waals surface area contributed by atoms with Crippen molar-refractivity contribution in [2.75, 3.05) is 6.61 Å². The predicted molar refractivity (Wildman–Crippen MR) is 75.3 cm³/mol. The monoisotopic (exact) mass is 276 g/mol. The van der Waals surface area contributed by atoms with E-state index < -0.39 is 0 Å². The molecule has 1 amide bonds. The summed E-state index contributed by atoms with van der Waals surface area (Å²) in [5, 5.41) is 5.73. The maximum atomic E-state index is 11.6. The van der Waals surface area contributed by atoms with E-state index in [0.29, 0.717) is 19.6 Å². The highest BCUT2D eigenvalue weighted by Gasteiger charge is 2.04. The van der Waals surface area contributed by atoms with Crippen LogP contribution in [0.3, 0.4) is 0 Å². The lowest BCUT2D eigenvalue weighted by Gasteiger charge is -2.06. The van der Waals surface area contributed by atoms with Crippen LogP contribution in [0.4, 0.5) is 0 Å². The Bertz CT molecular complexity index is 525. The fraction of sp³-hybridized carbons (Fsp3) is 0.286. The Balaban J connectivity index is 1.65. The van der Waals surface area contributed by atoms with Gasteiger partial charge >= 0.3 is 0 Å². The Morgan fingerprint density at radius 1 is 1.37 bits per heavy atom. The Hall–Kier alpha value is -1.88. The number of amides is 1. The maximum absolute atomic E-state index is 11.6. The summed E-state index contributed by atoms with van der Waals surface area (Å²) >= 11 is 1.56. The molecule has 0 aliphatic rings. The van der Waals surface area contributed by atoms with Crippen molar-refractivity contribution in [3.05, 3.63) is 46.4 Å². The number of hydrogen-bond donors (Lipinski definition) is 1. The maximum Gasteiger partial charge on any atom is 0.223 e. The Morgan fingerprint density at radius 3 is 2.84 bits per heavy atom. The van der Waals surface area contributed by atoms with Crippen LogP contribution >= 0.6 is 11.3 Å². The van der Waals surface area contributed by atoms with Crippen molar-refractivity contribution in [1.29, 1.82) is 0 Å². The van der Waals surface area contributed by atoms with Crippen molar-refractivity contribution in [3.63, 3.8) is 0 Å². The molecular weight excluding hydrogens is 260 g/mol. The van der Waals surface area contributed by atoms with E-state index in [9.17, 15) is 4.79 Å². The lowest BCUT2D eigenvalue weighted by atomic mass is 10.3.